The molecule has 9 heavy (non-hydrogen) atoms. The number of hydrogen-bond acceptors (Lipinski definition) is 2. The van der Waals surface area contributed by atoms with Crippen LogP contribution in [0.15, 0.2) is 12.2 Å². The fourth-order valence-electron chi connectivity index (χ4n) is 0.143. The average molecular weight is 132 g/mol. The van der Waals surface area contributed by atoms with E-state index in [2.05, 4.69) is 0 Å². The first-order chi connectivity index (χ1) is 4.18. The second-order valence-electron chi connectivity index (χ2n) is 1.15. The molecule has 0 saturated heterocycles. The molecule has 0 aliphatic carbocycles. The van der Waals surface area contributed by atoms with Crippen LogP contribution in [0.25, 0.3) is 0 Å². The van der Waals surface area contributed by atoms with E-state index < -0.39 is 5.97 Å². The molecule has 0 unspecified atom stereocenters. The number of carboxylic acids is 1. The summed E-state index contributed by atoms with van der Waals surface area (Å²) in [6.45, 7) is 3.59. The molecular formula is C6H12O3. The third kappa shape index (κ3) is 40.7. The molecule has 3 heteroatoms. The van der Waals surface area contributed by atoms with Crippen molar-refractivity contribution in [1.82, 2.24) is 0 Å². The van der Waals surface area contributed by atoms with E-state index in [4.69, 9.17) is 10.2 Å². The summed E-state index contributed by atoms with van der Waals surface area (Å²) in [6.07, 6.45) is 2.56. The maximum Gasteiger partial charge on any atom is 0.327 e. The van der Waals surface area contributed by atoms with Gasteiger partial charge in [0, 0.05) is 12.7 Å². The molecule has 3 nitrogen and oxygen atoms in total. The van der Waals surface area contributed by atoms with Crippen LogP contribution in [-0.4, -0.2) is 22.8 Å². The van der Waals surface area contributed by atoms with Crippen molar-refractivity contribution < 1.29 is 15.0 Å². The van der Waals surface area contributed by atoms with Crippen molar-refractivity contribution in [2.75, 3.05) is 6.61 Å². The molecule has 0 bridgehead atoms. The lowest BCUT2D eigenvalue weighted by molar-refractivity contribution is -0.131. The van der Waals surface area contributed by atoms with Crippen LogP contribution in [0.1, 0.15) is 13.8 Å². The van der Waals surface area contributed by atoms with Crippen LogP contribution in [-0.2, 0) is 4.79 Å². The second kappa shape index (κ2) is 10.2. The van der Waals surface area contributed by atoms with Crippen molar-refractivity contribution in [2.45, 2.75) is 13.8 Å². The number of hydrogen-bond donors (Lipinski definition) is 2. The van der Waals surface area contributed by atoms with E-state index in [1.807, 2.05) is 0 Å². The number of aliphatic hydroxyl groups excluding tert-OH is 1. The van der Waals surface area contributed by atoms with Gasteiger partial charge in [0.15, 0.2) is 0 Å². The summed E-state index contributed by atoms with van der Waals surface area (Å²) in [4.78, 5) is 9.51. The number of carboxylic acid groups (broad SMARTS) is 1. The van der Waals surface area contributed by atoms with Gasteiger partial charge in [-0.15, -0.1) is 0 Å². The fourth-order valence-corrected chi connectivity index (χ4v) is 0.143. The molecule has 0 aromatic carbocycles. The summed E-state index contributed by atoms with van der Waals surface area (Å²) in [6, 6.07) is 0. The zero-order valence-electron chi connectivity index (χ0n) is 5.66. The smallest absolute Gasteiger partial charge is 0.327 e. The molecule has 0 fully saturated rings. The second-order valence-corrected chi connectivity index (χ2v) is 1.15. The predicted octanol–water partition coefficient (Wildman–Crippen LogP) is 0.646. The van der Waals surface area contributed by atoms with E-state index in [0.29, 0.717) is 0 Å². The highest BCUT2D eigenvalue weighted by atomic mass is 16.4. The minimum atomic E-state index is -0.891. The van der Waals surface area contributed by atoms with Crippen LogP contribution in [0.3, 0.4) is 0 Å². The molecule has 0 aromatic heterocycles. The molecule has 0 atom stereocenters. The maximum absolute atomic E-state index is 9.51. The third-order valence-corrected chi connectivity index (χ3v) is 0.309. The van der Waals surface area contributed by atoms with Crippen molar-refractivity contribution >= 4 is 5.97 Å². The van der Waals surface area contributed by atoms with Gasteiger partial charge in [-0.05, 0) is 13.8 Å². The lowest BCUT2D eigenvalue weighted by Crippen LogP contribution is -1.83. The number of aliphatic hydroxyl groups is 1. The summed E-state index contributed by atoms with van der Waals surface area (Å²) in [7, 11) is 0. The van der Waals surface area contributed by atoms with Crippen molar-refractivity contribution in [1.29, 1.82) is 0 Å². The van der Waals surface area contributed by atoms with Gasteiger partial charge in [-0.25, -0.2) is 4.79 Å². The summed E-state index contributed by atoms with van der Waals surface area (Å²) < 4.78 is 0. The largest absolute Gasteiger partial charge is 0.478 e. The Balaban J connectivity index is 0. The van der Waals surface area contributed by atoms with E-state index in [9.17, 15) is 4.79 Å². The van der Waals surface area contributed by atoms with Crippen LogP contribution < -0.4 is 0 Å². The molecule has 0 radical (unpaired) electrons. The first kappa shape index (κ1) is 11.0. The lowest BCUT2D eigenvalue weighted by Gasteiger charge is -1.68. The van der Waals surface area contributed by atoms with Gasteiger partial charge < -0.3 is 10.2 Å². The monoisotopic (exact) mass is 132 g/mol. The van der Waals surface area contributed by atoms with Gasteiger partial charge in [-0.3, -0.25) is 0 Å². The molecule has 0 aromatic rings. The number of aliphatic carboxylic acids is 1. The zero-order valence-corrected chi connectivity index (χ0v) is 5.66. The van der Waals surface area contributed by atoms with Gasteiger partial charge in [0.1, 0.15) is 0 Å². The Morgan fingerprint density at radius 3 is 2.00 bits per heavy atom. The highest BCUT2D eigenvalue weighted by molar-refractivity contribution is 5.79. The molecule has 2 N–H and O–H groups in total. The van der Waals surface area contributed by atoms with E-state index in [1.165, 1.54) is 6.08 Å². The first-order valence-corrected chi connectivity index (χ1v) is 2.65. The SMILES string of the molecule is CC=CC(=O)O.CCO. The van der Waals surface area contributed by atoms with Crippen LogP contribution in [0, 0.1) is 0 Å². The van der Waals surface area contributed by atoms with Gasteiger partial charge in [-0.2, -0.15) is 0 Å². The van der Waals surface area contributed by atoms with Crippen LogP contribution in [0.5, 0.6) is 0 Å². The number of allylic oxidation sites excluding steroid dienone is 1. The normalized spacial score (nSPS) is 8.33. The summed E-state index contributed by atoms with van der Waals surface area (Å²) in [5.74, 6) is -0.891. The fraction of sp³-hybridized carbons (Fsp3) is 0.500. The molecule has 0 rings (SSSR count). The Labute approximate surface area is 54.6 Å². The Hall–Kier alpha value is -0.830. The van der Waals surface area contributed by atoms with Gasteiger partial charge >= 0.3 is 5.97 Å². The van der Waals surface area contributed by atoms with Crippen molar-refractivity contribution in [3.05, 3.63) is 12.2 Å². The third-order valence-electron chi connectivity index (χ3n) is 0.309. The van der Waals surface area contributed by atoms with Gasteiger partial charge in [0.25, 0.3) is 0 Å². The molecule has 0 aliphatic rings. The van der Waals surface area contributed by atoms with E-state index in [-0.39, 0.29) is 6.61 Å². The molecule has 0 amide bonds. The van der Waals surface area contributed by atoms with Crippen molar-refractivity contribution in [3.8, 4) is 0 Å². The Bertz CT molecular complexity index is 86.3. The maximum atomic E-state index is 9.51. The summed E-state index contributed by atoms with van der Waals surface area (Å²) in [5.41, 5.74) is 0. The van der Waals surface area contributed by atoms with Gasteiger partial charge in [0.2, 0.25) is 0 Å². The highest BCUT2D eigenvalue weighted by Crippen LogP contribution is 1.65. The molecule has 0 spiro atoms. The minimum Gasteiger partial charge on any atom is -0.478 e. The molecule has 0 aliphatic heterocycles. The van der Waals surface area contributed by atoms with Crippen LogP contribution in [0.4, 0.5) is 0 Å². The van der Waals surface area contributed by atoms with Gasteiger partial charge in [0.05, 0.1) is 0 Å². The Morgan fingerprint density at radius 2 is 2.00 bits per heavy atom. The predicted molar refractivity (Wildman–Crippen MR) is 35.2 cm³/mol. The number of rotatable bonds is 1. The first-order valence-electron chi connectivity index (χ1n) is 2.65. The Kier molecular flexibility index (Phi) is 12.5. The molecular weight excluding hydrogens is 120 g/mol. The quantitative estimate of drug-likeness (QED) is 0.515. The molecule has 54 valence electrons. The Morgan fingerprint density at radius 1 is 1.67 bits per heavy atom. The molecule has 0 heterocycles. The van der Waals surface area contributed by atoms with E-state index in [0.717, 1.165) is 6.08 Å². The van der Waals surface area contributed by atoms with Crippen LogP contribution >= 0.6 is 0 Å². The molecule has 0 saturated carbocycles. The minimum absolute atomic E-state index is 0.250. The number of carbonyl (C=O) groups is 1. The summed E-state index contributed by atoms with van der Waals surface area (Å²) in [5, 5.41) is 15.4. The average Bonchev–Trinajstić information content (AvgIpc) is 1.67. The lowest BCUT2D eigenvalue weighted by atomic mass is 10.5. The highest BCUT2D eigenvalue weighted by Gasteiger charge is 1.76. The van der Waals surface area contributed by atoms with Crippen molar-refractivity contribution in [2.24, 2.45) is 0 Å². The topological polar surface area (TPSA) is 57.5 Å². The summed E-state index contributed by atoms with van der Waals surface area (Å²) >= 11 is 0. The van der Waals surface area contributed by atoms with Gasteiger partial charge in [-0.1, -0.05) is 6.08 Å². The van der Waals surface area contributed by atoms with Crippen molar-refractivity contribution in [3.63, 3.8) is 0 Å². The zero-order chi connectivity index (χ0) is 7.70. The van der Waals surface area contributed by atoms with Crippen LogP contribution in [0.2, 0.25) is 0 Å². The standard InChI is InChI=1S/C4H6O2.C2H6O/c1-2-3-4(5)6;1-2-3/h2-3H,1H3,(H,5,6);3H,2H2,1H3. The van der Waals surface area contributed by atoms with E-state index in [1.54, 1.807) is 13.8 Å². The van der Waals surface area contributed by atoms with E-state index >= 15 is 0 Å².